The van der Waals surface area contributed by atoms with Crippen molar-refractivity contribution < 1.29 is 67.8 Å². The van der Waals surface area contributed by atoms with Crippen LogP contribution in [0.5, 0.6) is 5.75 Å². The van der Waals surface area contributed by atoms with Crippen molar-refractivity contribution in [1.29, 1.82) is 0 Å². The number of para-hydroxylation sites is 1. The van der Waals surface area contributed by atoms with Crippen molar-refractivity contribution in [3.63, 3.8) is 0 Å². The molecule has 2 aliphatic rings. The third-order valence-corrected chi connectivity index (χ3v) is 18.1. The van der Waals surface area contributed by atoms with E-state index in [1.54, 1.807) is 24.8 Å². The fourth-order valence-corrected chi connectivity index (χ4v) is 12.6. The van der Waals surface area contributed by atoms with Crippen molar-refractivity contribution in [2.24, 2.45) is 0 Å². The van der Waals surface area contributed by atoms with Crippen LogP contribution in [0.2, 0.25) is 0 Å². The van der Waals surface area contributed by atoms with Gasteiger partial charge in [-0.3, -0.25) is 44.2 Å². The van der Waals surface area contributed by atoms with Gasteiger partial charge >= 0.3 is 25.4 Å². The van der Waals surface area contributed by atoms with E-state index in [0.717, 1.165) is 62.2 Å². The summed E-state index contributed by atoms with van der Waals surface area (Å²) in [6.07, 6.45) is 27.1. The van der Waals surface area contributed by atoms with Crippen LogP contribution >= 0.6 is 0 Å². The van der Waals surface area contributed by atoms with E-state index in [4.69, 9.17) is 17.6 Å². The van der Waals surface area contributed by atoms with Gasteiger partial charge in [-0.05, 0) is 192 Å². The zero-order chi connectivity index (χ0) is 88.9. The molecule has 2 amide bonds. The van der Waals surface area contributed by atoms with Gasteiger partial charge in [-0.15, -0.1) is 17.4 Å². The number of carbonyl (C=O) groups excluding carboxylic acids is 3. The SMILES string of the molecule is C#CC#CC#CC#CC#CC#CC#CC#CC#CC#CC#CN1/C(=C/C=C/C=C/C2=[N+](C#CC#CC#CC#CC#CC#CC#CC#CC#CC#CC#C)c3ccccc3C2(C)C)C(C)(C)c2cc(CNC(=O)CCCC(=O)N[C@@H](Cc3cc(CN(Cc4ccccn4)Cc4ccccn4)c(O)c(CN(Cc4ccccn4)Cc4ccccn4)c3)C(=O)OC)ccc21.[Zn+2].[Zn]. The molecule has 3 N–H and O–H groups in total. The summed E-state index contributed by atoms with van der Waals surface area (Å²) in [5.74, 6) is 101. The minimum atomic E-state index is -1.13. The van der Waals surface area contributed by atoms with Crippen LogP contribution in [-0.4, -0.2) is 76.1 Å². The van der Waals surface area contributed by atoms with Gasteiger partial charge < -0.3 is 20.5 Å². The number of phenols is 1. The molecule has 0 saturated heterocycles. The van der Waals surface area contributed by atoms with Crippen LogP contribution in [0.1, 0.15) is 103 Å². The maximum atomic E-state index is 14.0. The third-order valence-electron chi connectivity index (χ3n) is 18.1. The maximum absolute atomic E-state index is 14.0. The molecule has 6 heterocycles. The van der Waals surface area contributed by atoms with Crippen molar-refractivity contribution in [3.05, 3.63) is 244 Å². The summed E-state index contributed by atoms with van der Waals surface area (Å²) in [6.45, 7) is 10.9. The Balaban J connectivity index is 0.0000112. The molecule has 0 radical (unpaired) electrons. The zero-order valence-corrected chi connectivity index (χ0v) is 76.8. The van der Waals surface area contributed by atoms with E-state index in [1.165, 1.54) is 7.11 Å². The third kappa shape index (κ3) is 32.9. The van der Waals surface area contributed by atoms with Crippen LogP contribution in [0.3, 0.4) is 0 Å². The van der Waals surface area contributed by atoms with Gasteiger partial charge in [-0.1, -0.05) is 98.8 Å². The van der Waals surface area contributed by atoms with Gasteiger partial charge in [0.15, 0.2) is 0 Å². The molecule has 0 bridgehead atoms. The summed E-state index contributed by atoms with van der Waals surface area (Å²) in [6, 6.07) is 46.0. The summed E-state index contributed by atoms with van der Waals surface area (Å²) in [4.78, 5) is 66.1. The Hall–Kier alpha value is -17.4. The van der Waals surface area contributed by atoms with E-state index >= 15 is 0 Å². The first-order chi connectivity index (χ1) is 61.6. The molecule has 7 aromatic rings. The fraction of sp³-hybridized carbons (Fsp3) is 0.171. The minimum Gasteiger partial charge on any atom is -0.507 e. The molecule has 0 spiro atoms. The van der Waals surface area contributed by atoms with E-state index in [2.05, 4.69) is 323 Å². The molecule has 0 aliphatic carbocycles. The molecule has 0 saturated carbocycles. The van der Waals surface area contributed by atoms with Gasteiger partial charge in [0.1, 0.15) is 11.8 Å². The first-order valence-electron chi connectivity index (χ1n) is 38.9. The summed E-state index contributed by atoms with van der Waals surface area (Å²) in [5, 5.41) is 18.4. The molecular weight excluding hydrogens is 1680 g/mol. The maximum Gasteiger partial charge on any atom is 2.00 e. The van der Waals surface area contributed by atoms with Crippen molar-refractivity contribution in [3.8, 4) is 268 Å². The topological polar surface area (TPSA) is 169 Å². The number of nitrogens with one attached hydrogen (secondary N) is 2. The van der Waals surface area contributed by atoms with Crippen molar-refractivity contribution in [2.75, 3.05) is 12.0 Å². The number of ether oxygens (including phenoxy) is 1. The molecule has 17 heteroatoms. The Labute approximate surface area is 777 Å². The van der Waals surface area contributed by atoms with Crippen molar-refractivity contribution in [2.45, 2.75) is 116 Å². The van der Waals surface area contributed by atoms with Crippen LogP contribution in [-0.2, 0) is 121 Å². The molecule has 4 aromatic heterocycles. The van der Waals surface area contributed by atoms with E-state index in [9.17, 15) is 19.5 Å². The Morgan fingerprint density at radius 2 is 0.883 bits per heavy atom. The number of pyridine rings is 4. The first kappa shape index (κ1) is 97.8. The van der Waals surface area contributed by atoms with Gasteiger partial charge in [0.2, 0.25) is 29.3 Å². The van der Waals surface area contributed by atoms with Gasteiger partial charge in [-0.2, -0.15) is 0 Å². The molecular formula is C111H73N10O5Zn2+3. The predicted octanol–water partition coefficient (Wildman–Crippen LogP) is 10.5. The Morgan fingerprint density at radius 3 is 1.30 bits per heavy atom. The standard InChI is InChI=1S/C111H72N10O5.2Zn/c1-8-10-12-14-16-18-20-22-24-26-28-30-32-34-36-38-40-42-44-59-78-120-102-67-50-49-66-99(102)110(3,4)104(120)68-47-46-48-69-105-111(5,6)100-82-91(72-73-103(100)121(105)79-60-45-43-41-39-37-35-33-31-29-27-25-23-21-19-17-15-13-11-9-2)84-116-106(122)70-61-71-107(123)117-101(109(125)126-7)83-92-80-93(85-118(87-95-62-51-55-74-112-95)88-96-63-52-56-75-113-96)108(124)94(81-92)86-119(89-97-64-53-57-76-114-97)90-98-65-54-58-77-115-98;;/h1-2,46-58,62-69,72-77,80-82,101H,61,70-71,83-90H2,3-7H3,(H2-,116,117,122,123,124);;/q;;+2/p+1/t101-;;/m0../s1. The number of esters is 1. The number of benzene rings is 3. The number of methoxy groups -OCH3 is 1. The number of hydrogen-bond donors (Lipinski definition) is 3. The first-order valence-corrected chi connectivity index (χ1v) is 38.9. The van der Waals surface area contributed by atoms with Crippen LogP contribution in [0.15, 0.2) is 188 Å². The molecule has 9 rings (SSSR count). The normalized spacial score (nSPS) is 11.2. The number of phenolic OH excluding ortho intramolecular Hbond substituents is 1. The monoisotopic (exact) mass is 1750 g/mol. The Morgan fingerprint density at radius 1 is 0.477 bits per heavy atom. The summed E-state index contributed by atoms with van der Waals surface area (Å²) >= 11 is 0. The van der Waals surface area contributed by atoms with Crippen molar-refractivity contribution in [1.82, 2.24) is 40.4 Å². The molecule has 1 atom stereocenters. The van der Waals surface area contributed by atoms with Gasteiger partial charge in [0.25, 0.3) is 0 Å². The van der Waals surface area contributed by atoms with E-state index in [1.807, 2.05) is 161 Å². The Bertz CT molecular complexity index is 6830. The van der Waals surface area contributed by atoms with E-state index < -0.39 is 28.7 Å². The number of carbonyl (C=O) groups is 3. The number of aromatic hydroxyl groups is 1. The number of amides is 2. The molecule has 15 nitrogen and oxygen atoms in total. The number of allylic oxidation sites excluding steroid dienone is 6. The largest absolute Gasteiger partial charge is 2.00 e. The number of nitrogens with zero attached hydrogens (tertiary/aromatic N) is 8. The smallest absolute Gasteiger partial charge is 0.507 e. The average Bonchev–Trinajstić information content (AvgIpc) is 1.60. The molecule has 2 aliphatic heterocycles. The summed E-state index contributed by atoms with van der Waals surface area (Å²) < 4.78 is 7.25. The van der Waals surface area contributed by atoms with Crippen LogP contribution < -0.4 is 15.5 Å². The second kappa shape index (κ2) is 54.8. The molecule has 0 fully saturated rings. The van der Waals surface area contributed by atoms with Crippen LogP contribution in [0.4, 0.5) is 11.4 Å². The van der Waals surface area contributed by atoms with Crippen LogP contribution in [0, 0.1) is 262 Å². The number of aromatic nitrogens is 4. The van der Waals surface area contributed by atoms with E-state index in [-0.39, 0.29) is 95.9 Å². The molecule has 0 unspecified atom stereocenters. The Kier molecular flexibility index (Phi) is 41.9. The number of rotatable bonds is 25. The van der Waals surface area contributed by atoms with Crippen molar-refractivity contribution >= 4 is 34.9 Å². The van der Waals surface area contributed by atoms with Gasteiger partial charge in [0.05, 0.1) is 46.9 Å². The van der Waals surface area contributed by atoms with Gasteiger partial charge in [-0.25, -0.2) is 4.79 Å². The summed E-state index contributed by atoms with van der Waals surface area (Å²) in [5.41, 5.74) is 10.4. The molecule has 598 valence electrons. The minimum absolute atomic E-state index is 0. The quantitative estimate of drug-likeness (QED) is 0.0163. The molecule has 3 aromatic carbocycles. The number of fused-ring (bicyclic) bond motifs is 2. The number of terminal acetylenes is 2. The second-order valence-corrected chi connectivity index (χ2v) is 27.5. The zero-order valence-electron chi connectivity index (χ0n) is 70.9. The second-order valence-electron chi connectivity index (χ2n) is 27.5. The average molecular weight is 1760 g/mol. The van der Waals surface area contributed by atoms with E-state index in [0.29, 0.717) is 42.9 Å². The van der Waals surface area contributed by atoms with Crippen LogP contribution in [0.25, 0.3) is 0 Å². The molecule has 128 heavy (non-hydrogen) atoms. The fourth-order valence-electron chi connectivity index (χ4n) is 12.6. The van der Waals surface area contributed by atoms with Gasteiger partial charge in [0, 0.05) is 292 Å². The number of anilines is 1. The number of hydrogen-bond acceptors (Lipinski definition) is 12. The predicted molar refractivity (Wildman–Crippen MR) is 490 cm³/mol. The summed E-state index contributed by atoms with van der Waals surface area (Å²) in [7, 11) is 1.27.